The van der Waals surface area contributed by atoms with Gasteiger partial charge >= 0.3 is 0 Å². The standard InChI is InChI=1S/C14H20N2O3S/c1-3-8-15-9-11-16(12-10-15)20(17,18)14-6-4-13(19-2)5-7-14/h3-7H,1,8-12H2,2H3. The van der Waals surface area contributed by atoms with Gasteiger partial charge in [-0.3, -0.25) is 4.90 Å². The van der Waals surface area contributed by atoms with E-state index in [1.165, 1.54) is 4.31 Å². The topological polar surface area (TPSA) is 49.9 Å². The largest absolute Gasteiger partial charge is 0.497 e. The number of hydrogen-bond donors (Lipinski definition) is 0. The summed E-state index contributed by atoms with van der Waals surface area (Å²) in [6, 6.07) is 6.51. The lowest BCUT2D eigenvalue weighted by Gasteiger charge is -2.33. The van der Waals surface area contributed by atoms with Gasteiger partial charge in [0, 0.05) is 32.7 Å². The molecule has 0 aliphatic carbocycles. The van der Waals surface area contributed by atoms with Crippen molar-refractivity contribution in [2.24, 2.45) is 0 Å². The van der Waals surface area contributed by atoms with Gasteiger partial charge in [0.15, 0.2) is 0 Å². The molecule has 0 unspecified atom stereocenters. The molecule has 0 aromatic heterocycles. The van der Waals surface area contributed by atoms with Gasteiger partial charge in [0.05, 0.1) is 12.0 Å². The second kappa shape index (κ2) is 6.39. The van der Waals surface area contributed by atoms with Crippen molar-refractivity contribution >= 4 is 10.0 Å². The molecule has 6 heteroatoms. The summed E-state index contributed by atoms with van der Waals surface area (Å²) in [6.45, 7) is 7.01. The fraction of sp³-hybridized carbons (Fsp3) is 0.429. The lowest BCUT2D eigenvalue weighted by Crippen LogP contribution is -2.48. The molecule has 1 aromatic rings. The number of nitrogens with zero attached hydrogens (tertiary/aromatic N) is 2. The van der Waals surface area contributed by atoms with E-state index in [2.05, 4.69) is 11.5 Å². The molecule has 0 amide bonds. The van der Waals surface area contributed by atoms with Crippen LogP contribution in [0.3, 0.4) is 0 Å². The molecule has 0 bridgehead atoms. The predicted octanol–water partition coefficient (Wildman–Crippen LogP) is 1.19. The summed E-state index contributed by atoms with van der Waals surface area (Å²) in [6.07, 6.45) is 1.84. The van der Waals surface area contributed by atoms with E-state index in [9.17, 15) is 8.42 Å². The monoisotopic (exact) mass is 296 g/mol. The molecular formula is C14H20N2O3S. The molecular weight excluding hydrogens is 276 g/mol. The Balaban J connectivity index is 2.08. The molecule has 1 heterocycles. The summed E-state index contributed by atoms with van der Waals surface area (Å²) in [7, 11) is -1.84. The molecule has 0 radical (unpaired) electrons. The number of methoxy groups -OCH3 is 1. The maximum absolute atomic E-state index is 12.5. The molecule has 20 heavy (non-hydrogen) atoms. The second-order valence-electron chi connectivity index (χ2n) is 4.67. The van der Waals surface area contributed by atoms with Crippen LogP contribution in [0.4, 0.5) is 0 Å². The molecule has 1 aliphatic rings. The highest BCUT2D eigenvalue weighted by atomic mass is 32.2. The highest BCUT2D eigenvalue weighted by Gasteiger charge is 2.27. The molecule has 0 spiro atoms. The zero-order valence-electron chi connectivity index (χ0n) is 11.7. The fourth-order valence-electron chi connectivity index (χ4n) is 2.23. The molecule has 1 aliphatic heterocycles. The van der Waals surface area contributed by atoms with Crippen molar-refractivity contribution in [1.82, 2.24) is 9.21 Å². The molecule has 5 nitrogen and oxygen atoms in total. The molecule has 0 saturated carbocycles. The van der Waals surface area contributed by atoms with Gasteiger partial charge in [0.1, 0.15) is 5.75 Å². The highest BCUT2D eigenvalue weighted by Crippen LogP contribution is 2.20. The van der Waals surface area contributed by atoms with Gasteiger partial charge in [-0.2, -0.15) is 4.31 Å². The van der Waals surface area contributed by atoms with E-state index in [4.69, 9.17) is 4.74 Å². The third kappa shape index (κ3) is 3.20. The predicted molar refractivity (Wildman–Crippen MR) is 78.4 cm³/mol. The Bertz CT molecular complexity index is 546. The van der Waals surface area contributed by atoms with Crippen LogP contribution in [0.15, 0.2) is 41.8 Å². The molecule has 2 rings (SSSR count). The third-order valence-corrected chi connectivity index (χ3v) is 5.33. The third-order valence-electron chi connectivity index (χ3n) is 3.42. The lowest BCUT2D eigenvalue weighted by molar-refractivity contribution is 0.204. The number of sulfonamides is 1. The maximum atomic E-state index is 12.5. The van der Waals surface area contributed by atoms with Crippen molar-refractivity contribution < 1.29 is 13.2 Å². The molecule has 1 fully saturated rings. The van der Waals surface area contributed by atoms with E-state index in [1.54, 1.807) is 31.4 Å². The Labute approximate surface area is 120 Å². The van der Waals surface area contributed by atoms with Crippen molar-refractivity contribution in [2.45, 2.75) is 4.90 Å². The number of hydrogen-bond acceptors (Lipinski definition) is 4. The fourth-order valence-corrected chi connectivity index (χ4v) is 3.65. The van der Waals surface area contributed by atoms with Crippen molar-refractivity contribution in [3.05, 3.63) is 36.9 Å². The number of piperazine rings is 1. The summed E-state index contributed by atoms with van der Waals surface area (Å²) >= 11 is 0. The van der Waals surface area contributed by atoms with E-state index in [0.29, 0.717) is 23.7 Å². The number of ether oxygens (including phenoxy) is 1. The Morgan fingerprint density at radius 1 is 1.20 bits per heavy atom. The van der Waals surface area contributed by atoms with Crippen LogP contribution in [0.5, 0.6) is 5.75 Å². The Kier molecular flexibility index (Phi) is 4.80. The van der Waals surface area contributed by atoms with Crippen molar-refractivity contribution in [2.75, 3.05) is 39.8 Å². The first-order valence-electron chi connectivity index (χ1n) is 6.55. The van der Waals surface area contributed by atoms with Crippen molar-refractivity contribution in [1.29, 1.82) is 0 Å². The van der Waals surface area contributed by atoms with Crippen LogP contribution in [0.25, 0.3) is 0 Å². The lowest BCUT2D eigenvalue weighted by atomic mass is 10.3. The second-order valence-corrected chi connectivity index (χ2v) is 6.61. The maximum Gasteiger partial charge on any atom is 0.243 e. The molecule has 0 atom stereocenters. The minimum atomic E-state index is -3.40. The van der Waals surface area contributed by atoms with Gasteiger partial charge in [-0.25, -0.2) is 8.42 Å². The van der Waals surface area contributed by atoms with Crippen LogP contribution < -0.4 is 4.74 Å². The van der Waals surface area contributed by atoms with E-state index in [0.717, 1.165) is 19.6 Å². The van der Waals surface area contributed by atoms with Crippen LogP contribution in [-0.2, 0) is 10.0 Å². The van der Waals surface area contributed by atoms with Gasteiger partial charge in [-0.05, 0) is 24.3 Å². The summed E-state index contributed by atoms with van der Waals surface area (Å²) in [5.74, 6) is 0.653. The number of rotatable bonds is 5. The average Bonchev–Trinajstić information content (AvgIpc) is 2.48. The van der Waals surface area contributed by atoms with Gasteiger partial charge in [-0.15, -0.1) is 6.58 Å². The quantitative estimate of drug-likeness (QED) is 0.766. The molecule has 1 saturated heterocycles. The average molecular weight is 296 g/mol. The Morgan fingerprint density at radius 2 is 1.80 bits per heavy atom. The van der Waals surface area contributed by atoms with Crippen molar-refractivity contribution in [3.8, 4) is 5.75 Å². The van der Waals surface area contributed by atoms with Gasteiger partial charge < -0.3 is 4.74 Å². The Hall–Kier alpha value is -1.37. The number of benzene rings is 1. The van der Waals surface area contributed by atoms with Crippen LogP contribution in [0.2, 0.25) is 0 Å². The minimum absolute atomic E-state index is 0.315. The Morgan fingerprint density at radius 3 is 2.30 bits per heavy atom. The summed E-state index contributed by atoms with van der Waals surface area (Å²) < 4.78 is 31.6. The van der Waals surface area contributed by atoms with E-state index in [-0.39, 0.29) is 0 Å². The van der Waals surface area contributed by atoms with Crippen LogP contribution in [-0.4, -0.2) is 57.5 Å². The summed E-state index contributed by atoms with van der Waals surface area (Å²) in [4.78, 5) is 2.50. The smallest absolute Gasteiger partial charge is 0.243 e. The molecule has 0 N–H and O–H groups in total. The first-order valence-corrected chi connectivity index (χ1v) is 7.99. The first kappa shape index (κ1) is 15.0. The molecule has 1 aromatic carbocycles. The first-order chi connectivity index (χ1) is 9.57. The van der Waals surface area contributed by atoms with Crippen molar-refractivity contribution in [3.63, 3.8) is 0 Å². The van der Waals surface area contributed by atoms with E-state index < -0.39 is 10.0 Å². The zero-order chi connectivity index (χ0) is 14.6. The molecule has 110 valence electrons. The summed E-state index contributed by atoms with van der Waals surface area (Å²) in [5, 5.41) is 0. The van der Waals surface area contributed by atoms with Crippen LogP contribution >= 0.6 is 0 Å². The normalized spacial score (nSPS) is 17.9. The highest BCUT2D eigenvalue weighted by molar-refractivity contribution is 7.89. The van der Waals surface area contributed by atoms with Crippen LogP contribution in [0, 0.1) is 0 Å². The van der Waals surface area contributed by atoms with E-state index in [1.807, 2.05) is 6.08 Å². The van der Waals surface area contributed by atoms with Gasteiger partial charge in [0.2, 0.25) is 10.0 Å². The van der Waals surface area contributed by atoms with Gasteiger partial charge in [-0.1, -0.05) is 6.08 Å². The summed E-state index contributed by atoms with van der Waals surface area (Å²) in [5.41, 5.74) is 0. The minimum Gasteiger partial charge on any atom is -0.497 e. The van der Waals surface area contributed by atoms with E-state index >= 15 is 0 Å². The van der Waals surface area contributed by atoms with Gasteiger partial charge in [0.25, 0.3) is 0 Å². The van der Waals surface area contributed by atoms with Crippen LogP contribution in [0.1, 0.15) is 0 Å². The SMILES string of the molecule is C=CCN1CCN(S(=O)(=O)c2ccc(OC)cc2)CC1. The zero-order valence-corrected chi connectivity index (χ0v) is 12.5.